The lowest BCUT2D eigenvalue weighted by Gasteiger charge is -2.24. The van der Waals surface area contributed by atoms with Crippen LogP contribution in [0.1, 0.15) is 26.3 Å². The SMILES string of the molecule is CCN(CC)C(=O)C(C)Nc1ccc(OC)c(C)c1. The van der Waals surface area contributed by atoms with Gasteiger partial charge in [0.2, 0.25) is 5.91 Å². The van der Waals surface area contributed by atoms with E-state index in [4.69, 9.17) is 4.74 Å². The molecule has 4 heteroatoms. The maximum absolute atomic E-state index is 12.2. The zero-order valence-corrected chi connectivity index (χ0v) is 12.5. The minimum absolute atomic E-state index is 0.124. The van der Waals surface area contributed by atoms with E-state index in [0.29, 0.717) is 0 Å². The highest BCUT2D eigenvalue weighted by molar-refractivity contribution is 5.84. The number of likely N-dealkylation sites (N-methyl/N-ethyl adjacent to an activating group) is 1. The molecule has 106 valence electrons. The monoisotopic (exact) mass is 264 g/mol. The van der Waals surface area contributed by atoms with Gasteiger partial charge in [-0.05, 0) is 51.5 Å². The lowest BCUT2D eigenvalue weighted by molar-refractivity contribution is -0.131. The minimum atomic E-state index is -0.229. The maximum atomic E-state index is 12.2. The highest BCUT2D eigenvalue weighted by Crippen LogP contribution is 2.22. The first kappa shape index (κ1) is 15.3. The lowest BCUT2D eigenvalue weighted by Crippen LogP contribution is -2.41. The van der Waals surface area contributed by atoms with Crippen LogP contribution in [0.3, 0.4) is 0 Å². The summed E-state index contributed by atoms with van der Waals surface area (Å²) < 4.78 is 5.22. The van der Waals surface area contributed by atoms with Gasteiger partial charge in [-0.2, -0.15) is 0 Å². The Morgan fingerprint density at radius 1 is 1.37 bits per heavy atom. The smallest absolute Gasteiger partial charge is 0.244 e. The van der Waals surface area contributed by atoms with Crippen molar-refractivity contribution in [3.05, 3.63) is 23.8 Å². The number of nitrogens with zero attached hydrogens (tertiary/aromatic N) is 1. The zero-order chi connectivity index (χ0) is 14.4. The van der Waals surface area contributed by atoms with Crippen molar-refractivity contribution in [2.24, 2.45) is 0 Å². The lowest BCUT2D eigenvalue weighted by atomic mass is 10.2. The van der Waals surface area contributed by atoms with Gasteiger partial charge in [0.25, 0.3) is 0 Å². The molecule has 19 heavy (non-hydrogen) atoms. The van der Waals surface area contributed by atoms with Crippen LogP contribution in [-0.2, 0) is 4.79 Å². The fourth-order valence-corrected chi connectivity index (χ4v) is 2.09. The van der Waals surface area contributed by atoms with E-state index < -0.39 is 0 Å². The van der Waals surface area contributed by atoms with Gasteiger partial charge < -0.3 is 15.0 Å². The van der Waals surface area contributed by atoms with Crippen LogP contribution in [0.25, 0.3) is 0 Å². The second-order valence-electron chi connectivity index (χ2n) is 4.56. The first-order chi connectivity index (χ1) is 9.03. The number of hydrogen-bond donors (Lipinski definition) is 1. The van der Waals surface area contributed by atoms with Crippen molar-refractivity contribution < 1.29 is 9.53 Å². The summed E-state index contributed by atoms with van der Waals surface area (Å²) in [5.41, 5.74) is 1.99. The molecule has 1 aromatic carbocycles. The van der Waals surface area contributed by atoms with E-state index in [9.17, 15) is 4.79 Å². The fourth-order valence-electron chi connectivity index (χ4n) is 2.09. The topological polar surface area (TPSA) is 41.6 Å². The summed E-state index contributed by atoms with van der Waals surface area (Å²) in [6, 6.07) is 5.60. The molecule has 0 aliphatic carbocycles. The van der Waals surface area contributed by atoms with E-state index >= 15 is 0 Å². The number of aryl methyl sites for hydroxylation is 1. The number of nitrogens with one attached hydrogen (secondary N) is 1. The Hall–Kier alpha value is -1.71. The Kier molecular flexibility index (Phi) is 5.67. The summed E-state index contributed by atoms with van der Waals surface area (Å²) in [5, 5.41) is 3.24. The number of ether oxygens (including phenoxy) is 1. The zero-order valence-electron chi connectivity index (χ0n) is 12.5. The van der Waals surface area contributed by atoms with Crippen molar-refractivity contribution in [3.63, 3.8) is 0 Å². The Balaban J connectivity index is 2.74. The summed E-state index contributed by atoms with van der Waals surface area (Å²) in [4.78, 5) is 14.0. The average molecular weight is 264 g/mol. The summed E-state index contributed by atoms with van der Waals surface area (Å²) in [7, 11) is 1.65. The quantitative estimate of drug-likeness (QED) is 0.859. The van der Waals surface area contributed by atoms with Gasteiger partial charge in [0.15, 0.2) is 0 Å². The van der Waals surface area contributed by atoms with Gasteiger partial charge in [-0.25, -0.2) is 0 Å². The summed E-state index contributed by atoms with van der Waals surface area (Å²) in [5.74, 6) is 0.978. The molecule has 1 N–H and O–H groups in total. The van der Waals surface area contributed by atoms with Gasteiger partial charge in [0.1, 0.15) is 11.8 Å². The second-order valence-corrected chi connectivity index (χ2v) is 4.56. The number of benzene rings is 1. The van der Waals surface area contributed by atoms with Crippen LogP contribution in [0.2, 0.25) is 0 Å². The molecule has 0 aromatic heterocycles. The van der Waals surface area contributed by atoms with E-state index in [1.807, 2.05) is 50.8 Å². The Bertz CT molecular complexity index is 428. The van der Waals surface area contributed by atoms with Crippen LogP contribution >= 0.6 is 0 Å². The molecule has 0 aliphatic rings. The molecule has 1 aromatic rings. The molecule has 0 radical (unpaired) electrons. The number of methoxy groups -OCH3 is 1. The number of anilines is 1. The number of rotatable bonds is 6. The molecule has 0 spiro atoms. The van der Waals surface area contributed by atoms with Crippen LogP contribution in [0, 0.1) is 6.92 Å². The molecule has 0 heterocycles. The Morgan fingerprint density at radius 2 is 2.00 bits per heavy atom. The van der Waals surface area contributed by atoms with Crippen LogP contribution in [0.4, 0.5) is 5.69 Å². The molecule has 0 saturated carbocycles. The normalized spacial score (nSPS) is 11.8. The van der Waals surface area contributed by atoms with Crippen LogP contribution in [0.5, 0.6) is 5.75 Å². The molecule has 0 aliphatic heterocycles. The first-order valence-electron chi connectivity index (χ1n) is 6.73. The van der Waals surface area contributed by atoms with Crippen LogP contribution in [0.15, 0.2) is 18.2 Å². The molecule has 1 unspecified atom stereocenters. The number of hydrogen-bond acceptors (Lipinski definition) is 3. The standard InChI is InChI=1S/C15H24N2O2/c1-6-17(7-2)15(18)12(4)16-13-8-9-14(19-5)11(3)10-13/h8-10,12,16H,6-7H2,1-5H3. The van der Waals surface area contributed by atoms with Crippen molar-refractivity contribution >= 4 is 11.6 Å². The van der Waals surface area contributed by atoms with E-state index in [0.717, 1.165) is 30.1 Å². The van der Waals surface area contributed by atoms with E-state index in [-0.39, 0.29) is 11.9 Å². The largest absolute Gasteiger partial charge is 0.496 e. The Labute approximate surface area is 115 Å². The molecular formula is C15H24N2O2. The highest BCUT2D eigenvalue weighted by atomic mass is 16.5. The Morgan fingerprint density at radius 3 is 2.47 bits per heavy atom. The average Bonchev–Trinajstić information content (AvgIpc) is 2.40. The van der Waals surface area contributed by atoms with E-state index in [1.165, 1.54) is 0 Å². The van der Waals surface area contributed by atoms with Crippen molar-refractivity contribution in [2.75, 3.05) is 25.5 Å². The molecule has 0 saturated heterocycles. The van der Waals surface area contributed by atoms with Gasteiger partial charge in [-0.15, -0.1) is 0 Å². The summed E-state index contributed by atoms with van der Waals surface area (Å²) in [6.45, 7) is 9.34. The molecular weight excluding hydrogens is 240 g/mol. The third-order valence-electron chi connectivity index (χ3n) is 3.22. The van der Waals surface area contributed by atoms with Crippen LogP contribution < -0.4 is 10.1 Å². The predicted octanol–water partition coefficient (Wildman–Crippen LogP) is 2.67. The molecule has 1 atom stereocenters. The third kappa shape index (κ3) is 3.88. The minimum Gasteiger partial charge on any atom is -0.496 e. The van der Waals surface area contributed by atoms with Gasteiger partial charge in [-0.1, -0.05) is 0 Å². The molecule has 4 nitrogen and oxygen atoms in total. The maximum Gasteiger partial charge on any atom is 0.244 e. The first-order valence-corrected chi connectivity index (χ1v) is 6.73. The van der Waals surface area contributed by atoms with Gasteiger partial charge in [0, 0.05) is 18.8 Å². The van der Waals surface area contributed by atoms with E-state index in [1.54, 1.807) is 7.11 Å². The van der Waals surface area contributed by atoms with Crippen molar-refractivity contribution in [1.29, 1.82) is 0 Å². The summed E-state index contributed by atoms with van der Waals surface area (Å²) >= 11 is 0. The van der Waals surface area contributed by atoms with Gasteiger partial charge >= 0.3 is 0 Å². The predicted molar refractivity (Wildman–Crippen MR) is 78.7 cm³/mol. The number of carbonyl (C=O) groups is 1. The fraction of sp³-hybridized carbons (Fsp3) is 0.533. The number of carbonyl (C=O) groups excluding carboxylic acids is 1. The van der Waals surface area contributed by atoms with E-state index in [2.05, 4.69) is 5.32 Å². The molecule has 0 bridgehead atoms. The van der Waals surface area contributed by atoms with Crippen molar-refractivity contribution in [2.45, 2.75) is 33.7 Å². The van der Waals surface area contributed by atoms with Gasteiger partial charge in [0.05, 0.1) is 7.11 Å². The third-order valence-corrected chi connectivity index (χ3v) is 3.22. The summed E-state index contributed by atoms with van der Waals surface area (Å²) in [6.07, 6.45) is 0. The highest BCUT2D eigenvalue weighted by Gasteiger charge is 2.17. The molecule has 1 rings (SSSR count). The number of amides is 1. The van der Waals surface area contributed by atoms with Gasteiger partial charge in [-0.3, -0.25) is 4.79 Å². The molecule has 1 amide bonds. The van der Waals surface area contributed by atoms with Crippen molar-refractivity contribution in [3.8, 4) is 5.75 Å². The second kappa shape index (κ2) is 7.02. The van der Waals surface area contributed by atoms with Crippen molar-refractivity contribution in [1.82, 2.24) is 4.90 Å². The van der Waals surface area contributed by atoms with Crippen LogP contribution in [-0.4, -0.2) is 37.0 Å². The molecule has 0 fully saturated rings.